The largest absolute Gasteiger partial charge is 0.351 e. The van der Waals surface area contributed by atoms with Gasteiger partial charge in [-0.15, -0.1) is 0 Å². The van der Waals surface area contributed by atoms with E-state index in [0.29, 0.717) is 25.2 Å². The third kappa shape index (κ3) is 6.80. The normalized spacial score (nSPS) is 15.0. The van der Waals surface area contributed by atoms with Gasteiger partial charge < -0.3 is 10.2 Å². The number of aromatic nitrogens is 1. The van der Waals surface area contributed by atoms with E-state index in [1.165, 1.54) is 16.4 Å². The second kappa shape index (κ2) is 12.5. The van der Waals surface area contributed by atoms with Crippen molar-refractivity contribution in [3.63, 3.8) is 0 Å². The summed E-state index contributed by atoms with van der Waals surface area (Å²) >= 11 is 7.76. The molecule has 0 saturated carbocycles. The zero-order chi connectivity index (χ0) is 26.4. The van der Waals surface area contributed by atoms with E-state index in [1.807, 2.05) is 32.0 Å². The summed E-state index contributed by atoms with van der Waals surface area (Å²) in [5.41, 5.74) is 1.43. The third-order valence-electron chi connectivity index (χ3n) is 6.40. The topological polar surface area (TPSA) is 85.8 Å². The number of nitrogens with zero attached hydrogens (tertiary/aromatic N) is 4. The van der Waals surface area contributed by atoms with Gasteiger partial charge >= 0.3 is 0 Å². The van der Waals surface area contributed by atoms with Crippen molar-refractivity contribution in [1.29, 1.82) is 0 Å². The number of benzene rings is 2. The monoisotopic (exact) mass is 563 g/mol. The van der Waals surface area contributed by atoms with Crippen LogP contribution >= 0.6 is 22.9 Å². The van der Waals surface area contributed by atoms with Gasteiger partial charge in [0.25, 0.3) is 5.91 Å². The highest BCUT2D eigenvalue weighted by Gasteiger charge is 2.23. The van der Waals surface area contributed by atoms with Crippen LogP contribution in [0.2, 0.25) is 5.02 Å². The maximum atomic E-state index is 12.9. The molecule has 0 atom stereocenters. The van der Waals surface area contributed by atoms with Crippen LogP contribution in [-0.2, 0) is 10.0 Å². The summed E-state index contributed by atoms with van der Waals surface area (Å²) in [7, 11) is -3.55. The van der Waals surface area contributed by atoms with E-state index in [9.17, 15) is 13.2 Å². The molecule has 1 fully saturated rings. The molecule has 8 nitrogen and oxygen atoms in total. The van der Waals surface area contributed by atoms with Crippen LogP contribution in [0.4, 0.5) is 5.13 Å². The first-order chi connectivity index (χ1) is 17.8. The molecule has 200 valence electrons. The first-order valence-electron chi connectivity index (χ1n) is 12.7. The van der Waals surface area contributed by atoms with E-state index in [4.69, 9.17) is 16.6 Å². The van der Waals surface area contributed by atoms with Gasteiger partial charge in [-0.05, 0) is 55.3 Å². The minimum Gasteiger partial charge on any atom is -0.351 e. The Morgan fingerprint density at radius 1 is 1.05 bits per heavy atom. The molecule has 2 heterocycles. The zero-order valence-electron chi connectivity index (χ0n) is 21.3. The van der Waals surface area contributed by atoms with Gasteiger partial charge in [0.1, 0.15) is 0 Å². The Labute approximate surface area is 228 Å². The fourth-order valence-electron chi connectivity index (χ4n) is 4.39. The zero-order valence-corrected chi connectivity index (χ0v) is 23.7. The van der Waals surface area contributed by atoms with Gasteiger partial charge in [0.15, 0.2) is 5.13 Å². The molecule has 11 heteroatoms. The average Bonchev–Trinajstić information content (AvgIpc) is 3.32. The summed E-state index contributed by atoms with van der Waals surface area (Å²) < 4.78 is 28.4. The van der Waals surface area contributed by atoms with E-state index in [0.717, 1.165) is 65.9 Å². The number of nitrogens with one attached hydrogen (secondary N) is 1. The lowest BCUT2D eigenvalue weighted by molar-refractivity contribution is 0.0947. The SMILES string of the molecule is CCCN(CCC)S(=O)(=O)c1ccc(C(=O)NCCN2CCN(c3nc4ccc(Cl)cc4s3)CC2)cc1. The van der Waals surface area contributed by atoms with Crippen molar-refractivity contribution in [3.8, 4) is 0 Å². The van der Waals surface area contributed by atoms with Gasteiger partial charge in [-0.3, -0.25) is 9.69 Å². The van der Waals surface area contributed by atoms with Crippen LogP contribution in [0.15, 0.2) is 47.4 Å². The maximum absolute atomic E-state index is 12.9. The molecule has 1 saturated heterocycles. The molecule has 0 spiro atoms. The molecular formula is C26H34ClN5O3S2. The fourth-order valence-corrected chi connectivity index (χ4v) is 7.31. The predicted octanol–water partition coefficient (Wildman–Crippen LogP) is 4.31. The smallest absolute Gasteiger partial charge is 0.251 e. The second-order valence-electron chi connectivity index (χ2n) is 9.12. The van der Waals surface area contributed by atoms with Crippen LogP contribution in [0, 0.1) is 0 Å². The van der Waals surface area contributed by atoms with E-state index in [2.05, 4.69) is 15.1 Å². The van der Waals surface area contributed by atoms with Crippen molar-refractivity contribution in [2.45, 2.75) is 31.6 Å². The number of fused-ring (bicyclic) bond motifs is 1. The number of thiazole rings is 1. The summed E-state index contributed by atoms with van der Waals surface area (Å²) in [6.45, 7) is 9.73. The molecule has 0 radical (unpaired) electrons. The number of amides is 1. The van der Waals surface area contributed by atoms with Crippen molar-refractivity contribution in [1.82, 2.24) is 19.5 Å². The molecule has 3 aromatic rings. The Morgan fingerprint density at radius 2 is 1.73 bits per heavy atom. The van der Waals surface area contributed by atoms with E-state index < -0.39 is 10.0 Å². The summed E-state index contributed by atoms with van der Waals surface area (Å²) in [5.74, 6) is -0.199. The lowest BCUT2D eigenvalue weighted by Gasteiger charge is -2.34. The van der Waals surface area contributed by atoms with Crippen LogP contribution in [-0.4, -0.2) is 80.9 Å². The molecule has 2 aromatic carbocycles. The van der Waals surface area contributed by atoms with Crippen molar-refractivity contribution in [3.05, 3.63) is 53.1 Å². The molecule has 1 aromatic heterocycles. The van der Waals surface area contributed by atoms with Gasteiger partial charge in [-0.25, -0.2) is 13.4 Å². The molecule has 1 aliphatic rings. The number of piperazine rings is 1. The fraction of sp³-hybridized carbons (Fsp3) is 0.462. The van der Waals surface area contributed by atoms with Crippen LogP contribution in [0.5, 0.6) is 0 Å². The van der Waals surface area contributed by atoms with Crippen molar-refractivity contribution in [2.24, 2.45) is 0 Å². The van der Waals surface area contributed by atoms with Gasteiger partial charge in [0, 0.05) is 62.9 Å². The molecule has 4 rings (SSSR count). The Morgan fingerprint density at radius 3 is 2.38 bits per heavy atom. The van der Waals surface area contributed by atoms with Crippen molar-refractivity contribution < 1.29 is 13.2 Å². The van der Waals surface area contributed by atoms with Crippen LogP contribution in [0.3, 0.4) is 0 Å². The number of carbonyl (C=O) groups is 1. The number of anilines is 1. The van der Waals surface area contributed by atoms with Gasteiger partial charge in [-0.1, -0.05) is 36.8 Å². The molecule has 0 unspecified atom stereocenters. The standard InChI is InChI=1S/C26H34ClN5O3S2/c1-3-12-32(13-4-2)37(34,35)22-8-5-20(6-9-22)25(33)28-11-14-30-15-17-31(18-16-30)26-29-23-10-7-21(27)19-24(23)36-26/h5-10,19H,3-4,11-18H2,1-2H3,(H,28,33). The molecule has 1 amide bonds. The molecule has 1 aliphatic heterocycles. The minimum absolute atomic E-state index is 0.199. The highest BCUT2D eigenvalue weighted by atomic mass is 35.5. The van der Waals surface area contributed by atoms with Crippen LogP contribution < -0.4 is 10.2 Å². The van der Waals surface area contributed by atoms with E-state index in [-0.39, 0.29) is 10.8 Å². The Hall–Kier alpha value is -2.24. The Kier molecular flexibility index (Phi) is 9.41. The third-order valence-corrected chi connectivity index (χ3v) is 9.62. The predicted molar refractivity (Wildman–Crippen MR) is 151 cm³/mol. The minimum atomic E-state index is -3.55. The summed E-state index contributed by atoms with van der Waals surface area (Å²) in [6, 6.07) is 12.0. The van der Waals surface area contributed by atoms with Crippen LogP contribution in [0.25, 0.3) is 10.2 Å². The van der Waals surface area contributed by atoms with Gasteiger partial charge in [-0.2, -0.15) is 4.31 Å². The lowest BCUT2D eigenvalue weighted by atomic mass is 10.2. The molecule has 0 bridgehead atoms. The first kappa shape index (κ1) is 27.8. The van der Waals surface area contributed by atoms with Gasteiger partial charge in [0.2, 0.25) is 10.0 Å². The summed E-state index contributed by atoms with van der Waals surface area (Å²) in [6.07, 6.45) is 1.51. The molecular weight excluding hydrogens is 530 g/mol. The quantitative estimate of drug-likeness (QED) is 0.374. The number of rotatable bonds is 11. The number of halogens is 1. The second-order valence-corrected chi connectivity index (χ2v) is 12.5. The van der Waals surface area contributed by atoms with E-state index in [1.54, 1.807) is 23.5 Å². The first-order valence-corrected chi connectivity index (χ1v) is 15.4. The summed E-state index contributed by atoms with van der Waals surface area (Å²) in [5, 5.41) is 4.70. The Balaban J connectivity index is 1.24. The average molecular weight is 564 g/mol. The van der Waals surface area contributed by atoms with Crippen molar-refractivity contribution in [2.75, 3.05) is 57.3 Å². The molecule has 1 N–H and O–H groups in total. The van der Waals surface area contributed by atoms with Crippen LogP contribution in [0.1, 0.15) is 37.0 Å². The number of carbonyl (C=O) groups excluding carboxylic acids is 1. The highest BCUT2D eigenvalue weighted by Crippen LogP contribution is 2.31. The molecule has 37 heavy (non-hydrogen) atoms. The van der Waals surface area contributed by atoms with Gasteiger partial charge in [0.05, 0.1) is 15.1 Å². The number of sulfonamides is 1. The van der Waals surface area contributed by atoms with E-state index >= 15 is 0 Å². The number of hydrogen-bond acceptors (Lipinski definition) is 7. The molecule has 0 aliphatic carbocycles. The Bertz CT molecular complexity index is 1300. The number of hydrogen-bond donors (Lipinski definition) is 1. The maximum Gasteiger partial charge on any atom is 0.251 e. The van der Waals surface area contributed by atoms with Crippen molar-refractivity contribution >= 4 is 54.2 Å². The lowest BCUT2D eigenvalue weighted by Crippen LogP contribution is -2.48. The highest BCUT2D eigenvalue weighted by molar-refractivity contribution is 7.89. The summed E-state index contributed by atoms with van der Waals surface area (Å²) in [4.78, 5) is 22.2.